The van der Waals surface area contributed by atoms with E-state index in [9.17, 15) is 23.8 Å². The van der Waals surface area contributed by atoms with Crippen molar-refractivity contribution < 1.29 is 36.1 Å². The third kappa shape index (κ3) is 3.88. The lowest BCUT2D eigenvalue weighted by Crippen LogP contribution is -2.28. The Bertz CT molecular complexity index is 1280. The lowest BCUT2D eigenvalue weighted by atomic mass is 9.94. The number of benzene rings is 2. The van der Waals surface area contributed by atoms with Crippen LogP contribution in [-0.4, -0.2) is 39.7 Å². The van der Waals surface area contributed by atoms with E-state index in [0.29, 0.717) is 24.1 Å². The average Bonchev–Trinajstić information content (AvgIpc) is 3.43. The molecule has 2 aromatic carbocycles. The van der Waals surface area contributed by atoms with Crippen molar-refractivity contribution in [2.75, 3.05) is 11.9 Å². The Hall–Kier alpha value is -3.17. The number of rotatable bonds is 7. The number of amides is 1. The molecule has 0 bridgehead atoms. The first-order chi connectivity index (χ1) is 16.1. The molecule has 2 heterocycles. The van der Waals surface area contributed by atoms with Crippen molar-refractivity contribution in [3.63, 3.8) is 0 Å². The molecule has 1 fully saturated rings. The Balaban J connectivity index is 0.00000180. The molecule has 5 rings (SSSR count). The van der Waals surface area contributed by atoms with Gasteiger partial charge in [0.1, 0.15) is 0 Å². The zero-order valence-electron chi connectivity index (χ0n) is 18.8. The first-order valence-corrected chi connectivity index (χ1v) is 11.3. The molecule has 34 heavy (non-hydrogen) atoms. The Kier molecular flexibility index (Phi) is 5.29. The number of anilines is 1. The summed E-state index contributed by atoms with van der Waals surface area (Å²) in [6, 6.07) is 12.0. The van der Waals surface area contributed by atoms with Crippen LogP contribution < -0.4 is 14.8 Å². The molecule has 2 aliphatic rings. The number of carbonyl (C=O) groups is 1. The summed E-state index contributed by atoms with van der Waals surface area (Å²) in [6.45, 7) is 4.05. The summed E-state index contributed by atoms with van der Waals surface area (Å²) in [7, 11) is 0. The maximum Gasteiger partial charge on any atom is 0.586 e. The maximum atomic E-state index is 13.4. The molecular weight excluding hydrogens is 446 g/mol. The van der Waals surface area contributed by atoms with Crippen LogP contribution >= 0.6 is 0 Å². The standard InChI is InChI=1S/C25H26F2N2O5.2H2/c1-14(2)20-10-15-9-17(4-5-19(15)29(20)12-18(31)13-30)28-23(32)24(7-8-24)16-3-6-21-22(11-16)34-25(26,27)33-21;;/h3-6,9-11,14,18,30-31H,7-8,12-13H2,1-2H3,(H,28,32);2*1H/t18-;;/m1../s1. The van der Waals surface area contributed by atoms with E-state index in [4.69, 9.17) is 0 Å². The van der Waals surface area contributed by atoms with Crippen LogP contribution in [0.5, 0.6) is 11.5 Å². The predicted octanol–water partition coefficient (Wildman–Crippen LogP) is 4.60. The summed E-state index contributed by atoms with van der Waals surface area (Å²) in [6.07, 6.45) is -3.37. The van der Waals surface area contributed by atoms with Crippen LogP contribution in [0.4, 0.5) is 14.5 Å². The average molecular weight is 477 g/mol. The minimum absolute atomic E-state index is 0. The van der Waals surface area contributed by atoms with Crippen molar-refractivity contribution in [2.24, 2.45) is 0 Å². The molecule has 0 radical (unpaired) electrons. The summed E-state index contributed by atoms with van der Waals surface area (Å²) in [5, 5.41) is 23.1. The van der Waals surface area contributed by atoms with Gasteiger partial charge in [-0.2, -0.15) is 0 Å². The van der Waals surface area contributed by atoms with Gasteiger partial charge in [-0.25, -0.2) is 0 Å². The molecule has 0 saturated heterocycles. The number of nitrogens with zero attached hydrogens (tertiary/aromatic N) is 1. The van der Waals surface area contributed by atoms with Gasteiger partial charge in [-0.1, -0.05) is 19.9 Å². The predicted molar refractivity (Wildman–Crippen MR) is 126 cm³/mol. The number of ether oxygens (including phenoxy) is 2. The van der Waals surface area contributed by atoms with Crippen molar-refractivity contribution in [1.82, 2.24) is 4.57 Å². The largest absolute Gasteiger partial charge is 0.586 e. The second kappa shape index (κ2) is 7.95. The normalized spacial score (nSPS) is 18.3. The van der Waals surface area contributed by atoms with Gasteiger partial charge in [-0.3, -0.25) is 4.79 Å². The first kappa shape index (κ1) is 22.6. The van der Waals surface area contributed by atoms with Gasteiger partial charge in [-0.15, -0.1) is 8.78 Å². The molecule has 9 heteroatoms. The summed E-state index contributed by atoms with van der Waals surface area (Å²) in [5.74, 6) is -0.135. The fourth-order valence-electron chi connectivity index (χ4n) is 4.59. The molecule has 184 valence electrons. The highest BCUT2D eigenvalue weighted by atomic mass is 19.3. The highest BCUT2D eigenvalue weighted by Gasteiger charge is 2.52. The molecule has 3 N–H and O–H groups in total. The quantitative estimate of drug-likeness (QED) is 0.464. The number of hydrogen-bond acceptors (Lipinski definition) is 5. The van der Waals surface area contributed by atoms with Crippen LogP contribution in [0.2, 0.25) is 0 Å². The lowest BCUT2D eigenvalue weighted by molar-refractivity contribution is -0.286. The number of aromatic nitrogens is 1. The van der Waals surface area contributed by atoms with Gasteiger partial charge in [0.05, 0.1) is 24.7 Å². The fraction of sp³-hybridized carbons (Fsp3) is 0.400. The van der Waals surface area contributed by atoms with E-state index in [0.717, 1.165) is 16.6 Å². The number of aliphatic hydroxyl groups is 2. The Morgan fingerprint density at radius 3 is 2.56 bits per heavy atom. The zero-order valence-corrected chi connectivity index (χ0v) is 18.8. The van der Waals surface area contributed by atoms with Gasteiger partial charge in [0.25, 0.3) is 0 Å². The van der Waals surface area contributed by atoms with Crippen LogP contribution in [0.25, 0.3) is 10.9 Å². The van der Waals surface area contributed by atoms with E-state index >= 15 is 0 Å². The van der Waals surface area contributed by atoms with Crippen molar-refractivity contribution in [3.8, 4) is 11.5 Å². The maximum absolute atomic E-state index is 13.4. The van der Waals surface area contributed by atoms with Crippen molar-refractivity contribution >= 4 is 22.5 Å². The van der Waals surface area contributed by atoms with Crippen LogP contribution in [0, 0.1) is 0 Å². The Morgan fingerprint density at radius 1 is 1.15 bits per heavy atom. The molecule has 1 aromatic heterocycles. The van der Waals surface area contributed by atoms with Gasteiger partial charge >= 0.3 is 6.29 Å². The first-order valence-electron chi connectivity index (χ1n) is 11.3. The molecular formula is C25H30F2N2O5. The van der Waals surface area contributed by atoms with Gasteiger partial charge in [0, 0.05) is 25.1 Å². The fourth-order valence-corrected chi connectivity index (χ4v) is 4.59. The molecule has 7 nitrogen and oxygen atoms in total. The van der Waals surface area contributed by atoms with Crippen molar-refractivity contribution in [1.29, 1.82) is 0 Å². The second-order valence-corrected chi connectivity index (χ2v) is 9.31. The number of fused-ring (bicyclic) bond motifs is 2. The van der Waals surface area contributed by atoms with Crippen LogP contribution in [-0.2, 0) is 16.8 Å². The molecule has 0 spiro atoms. The summed E-state index contributed by atoms with van der Waals surface area (Å²) < 4.78 is 37.7. The smallest absolute Gasteiger partial charge is 0.395 e. The molecule has 1 aliphatic carbocycles. The summed E-state index contributed by atoms with van der Waals surface area (Å²) in [4.78, 5) is 13.2. The monoisotopic (exact) mass is 476 g/mol. The topological polar surface area (TPSA) is 93.0 Å². The number of nitrogens with one attached hydrogen (secondary N) is 1. The minimum Gasteiger partial charge on any atom is -0.395 e. The highest BCUT2D eigenvalue weighted by Crippen LogP contribution is 2.52. The van der Waals surface area contributed by atoms with E-state index in [2.05, 4.69) is 28.6 Å². The molecule has 3 aromatic rings. The SMILES string of the molecule is CC(C)c1cc2cc(NC(=O)C3(c4ccc5c(c4)OC(F)(F)O5)CC3)ccc2n1C[C@@H](O)CO.[HH].[HH]. The second-order valence-electron chi connectivity index (χ2n) is 9.31. The number of aliphatic hydroxyl groups excluding tert-OH is 2. The van der Waals surface area contributed by atoms with E-state index in [1.165, 1.54) is 12.1 Å². The molecule has 1 saturated carbocycles. The van der Waals surface area contributed by atoms with E-state index in [-0.39, 0.29) is 39.3 Å². The van der Waals surface area contributed by atoms with Gasteiger partial charge < -0.3 is 29.6 Å². The number of alkyl halides is 2. The van der Waals surface area contributed by atoms with E-state index < -0.39 is 17.8 Å². The third-order valence-corrected chi connectivity index (χ3v) is 6.53. The number of halogens is 2. The lowest BCUT2D eigenvalue weighted by Gasteiger charge is -2.17. The highest BCUT2D eigenvalue weighted by molar-refractivity contribution is 6.02. The molecule has 1 amide bonds. The number of hydrogen-bond donors (Lipinski definition) is 3. The summed E-state index contributed by atoms with van der Waals surface area (Å²) in [5.41, 5.74) is 2.34. The van der Waals surface area contributed by atoms with Gasteiger partial charge in [-0.05, 0) is 60.7 Å². The third-order valence-electron chi connectivity index (χ3n) is 6.53. The van der Waals surface area contributed by atoms with E-state index in [1.807, 2.05) is 22.8 Å². The zero-order chi connectivity index (χ0) is 24.3. The Morgan fingerprint density at radius 2 is 1.88 bits per heavy atom. The number of carbonyl (C=O) groups excluding carboxylic acids is 1. The van der Waals surface area contributed by atoms with Gasteiger partial charge in [0.15, 0.2) is 11.5 Å². The van der Waals surface area contributed by atoms with Crippen molar-refractivity contribution in [2.45, 2.75) is 57.0 Å². The van der Waals surface area contributed by atoms with Crippen molar-refractivity contribution in [3.05, 3.63) is 53.7 Å². The van der Waals surface area contributed by atoms with Crippen LogP contribution in [0.15, 0.2) is 42.5 Å². The van der Waals surface area contributed by atoms with Crippen LogP contribution in [0.1, 0.15) is 46.7 Å². The minimum atomic E-state index is -3.70. The Labute approximate surface area is 197 Å². The molecule has 0 unspecified atom stereocenters. The van der Waals surface area contributed by atoms with E-state index in [1.54, 1.807) is 12.1 Å². The molecule has 1 aliphatic heterocycles. The van der Waals surface area contributed by atoms with Gasteiger partial charge in [0.2, 0.25) is 5.91 Å². The molecule has 1 atom stereocenters. The van der Waals surface area contributed by atoms with Crippen LogP contribution in [0.3, 0.4) is 0 Å². The summed E-state index contributed by atoms with van der Waals surface area (Å²) >= 11 is 0.